The molecule has 0 unspecified atom stereocenters. The van der Waals surface area contributed by atoms with Crippen LogP contribution in [0.15, 0.2) is 0 Å². The summed E-state index contributed by atoms with van der Waals surface area (Å²) < 4.78 is 9.55. The van der Waals surface area contributed by atoms with E-state index in [0.717, 1.165) is 0 Å². The molecule has 0 spiro atoms. The number of methoxy groups -OCH3 is 2. The number of hydrogen-bond acceptors (Lipinski definition) is 6. The standard InChI is InChI=1S/C15H20O6/c1-14(2)9-7(16)6-15(3,13(14)19)10(12(18)21-5)8(9)11(17)20-4/h8-10H,6H2,1-5H3/t8-,9+,10-,15-/m0/s1. The fraction of sp³-hybridized carbons (Fsp3) is 0.733. The number of ketones is 2. The maximum Gasteiger partial charge on any atom is 0.310 e. The van der Waals surface area contributed by atoms with Gasteiger partial charge in [-0.3, -0.25) is 19.2 Å². The van der Waals surface area contributed by atoms with Crippen molar-refractivity contribution in [3.63, 3.8) is 0 Å². The Balaban J connectivity index is 2.66. The van der Waals surface area contributed by atoms with Gasteiger partial charge >= 0.3 is 11.9 Å². The number of ether oxygens (including phenoxy) is 2. The van der Waals surface area contributed by atoms with Gasteiger partial charge in [0.2, 0.25) is 0 Å². The number of Topliss-reactive ketones (excluding diaryl/α,β-unsaturated/α-hetero) is 2. The zero-order valence-electron chi connectivity index (χ0n) is 12.9. The first-order valence-corrected chi connectivity index (χ1v) is 6.86. The molecular formula is C15H20O6. The van der Waals surface area contributed by atoms with E-state index in [9.17, 15) is 19.2 Å². The minimum absolute atomic E-state index is 0.0345. The molecule has 0 N–H and O–H groups in total. The molecule has 0 saturated heterocycles. The Hall–Kier alpha value is -1.72. The summed E-state index contributed by atoms with van der Waals surface area (Å²) in [4.78, 5) is 49.5. The molecule has 0 radical (unpaired) electrons. The van der Waals surface area contributed by atoms with Gasteiger partial charge in [-0.15, -0.1) is 0 Å². The monoisotopic (exact) mass is 296 g/mol. The molecule has 116 valence electrons. The summed E-state index contributed by atoms with van der Waals surface area (Å²) in [5.74, 6) is -4.42. The van der Waals surface area contributed by atoms with Crippen LogP contribution in [0, 0.1) is 28.6 Å². The van der Waals surface area contributed by atoms with Crippen molar-refractivity contribution < 1.29 is 28.7 Å². The van der Waals surface area contributed by atoms with Crippen molar-refractivity contribution in [2.45, 2.75) is 27.2 Å². The Morgan fingerprint density at radius 1 is 1.05 bits per heavy atom. The van der Waals surface area contributed by atoms with Crippen LogP contribution in [-0.4, -0.2) is 37.7 Å². The molecule has 0 aromatic rings. The summed E-state index contributed by atoms with van der Waals surface area (Å²) in [5.41, 5.74) is -2.21. The number of hydrogen-bond donors (Lipinski definition) is 0. The quantitative estimate of drug-likeness (QED) is 0.699. The molecule has 3 aliphatic carbocycles. The van der Waals surface area contributed by atoms with E-state index in [2.05, 4.69) is 0 Å². The highest BCUT2D eigenvalue weighted by atomic mass is 16.5. The van der Waals surface area contributed by atoms with E-state index in [1.807, 2.05) is 0 Å². The van der Waals surface area contributed by atoms with Crippen LogP contribution in [0.2, 0.25) is 0 Å². The third kappa shape index (κ3) is 1.84. The van der Waals surface area contributed by atoms with Crippen molar-refractivity contribution >= 4 is 23.5 Å². The number of carbonyl (C=O) groups is 4. The lowest BCUT2D eigenvalue weighted by Crippen LogP contribution is -2.68. The molecule has 3 saturated carbocycles. The third-order valence-corrected chi connectivity index (χ3v) is 5.10. The highest BCUT2D eigenvalue weighted by molar-refractivity contribution is 6.09. The summed E-state index contributed by atoms with van der Waals surface area (Å²) in [6.07, 6.45) is -0.0345. The van der Waals surface area contributed by atoms with Gasteiger partial charge in [0.1, 0.15) is 11.6 Å². The molecule has 0 heterocycles. The lowest BCUT2D eigenvalue weighted by Gasteiger charge is -2.56. The topological polar surface area (TPSA) is 86.7 Å². The first kappa shape index (κ1) is 15.7. The largest absolute Gasteiger partial charge is 0.469 e. The fourth-order valence-corrected chi connectivity index (χ4v) is 4.26. The van der Waals surface area contributed by atoms with E-state index < -0.39 is 40.5 Å². The molecule has 0 aromatic heterocycles. The van der Waals surface area contributed by atoms with Crippen LogP contribution in [0.3, 0.4) is 0 Å². The summed E-state index contributed by atoms with van der Waals surface area (Å²) in [5, 5.41) is 0. The van der Waals surface area contributed by atoms with Gasteiger partial charge < -0.3 is 9.47 Å². The Morgan fingerprint density at radius 3 is 2.05 bits per heavy atom. The molecule has 21 heavy (non-hydrogen) atoms. The summed E-state index contributed by atoms with van der Waals surface area (Å²) >= 11 is 0. The average Bonchev–Trinajstić information content (AvgIpc) is 2.42. The summed E-state index contributed by atoms with van der Waals surface area (Å²) in [6, 6.07) is 0. The normalized spacial score (nSPS) is 37.3. The lowest BCUT2D eigenvalue weighted by atomic mass is 9.42. The predicted molar refractivity (Wildman–Crippen MR) is 71.0 cm³/mol. The molecule has 2 bridgehead atoms. The molecule has 3 rings (SSSR count). The fourth-order valence-electron chi connectivity index (χ4n) is 4.26. The SMILES string of the molecule is COC(=O)[C@H]1[C@H]2C(=O)C[C@](C)(C(=O)C2(C)C)[C@@H]1C(=O)OC. The zero-order valence-corrected chi connectivity index (χ0v) is 12.9. The van der Waals surface area contributed by atoms with E-state index >= 15 is 0 Å². The van der Waals surface area contributed by atoms with Crippen LogP contribution in [0.25, 0.3) is 0 Å². The summed E-state index contributed by atoms with van der Waals surface area (Å²) in [6.45, 7) is 4.87. The molecule has 6 heteroatoms. The van der Waals surface area contributed by atoms with Crippen LogP contribution in [0.4, 0.5) is 0 Å². The van der Waals surface area contributed by atoms with E-state index in [0.29, 0.717) is 0 Å². The molecule has 0 amide bonds. The average molecular weight is 296 g/mol. The van der Waals surface area contributed by atoms with E-state index in [4.69, 9.17) is 9.47 Å². The molecular weight excluding hydrogens is 276 g/mol. The van der Waals surface area contributed by atoms with E-state index in [1.165, 1.54) is 14.2 Å². The van der Waals surface area contributed by atoms with Crippen molar-refractivity contribution in [1.29, 1.82) is 0 Å². The molecule has 0 aliphatic heterocycles. The lowest BCUT2D eigenvalue weighted by molar-refractivity contribution is -0.194. The van der Waals surface area contributed by atoms with Gasteiger partial charge in [0.15, 0.2) is 0 Å². The minimum Gasteiger partial charge on any atom is -0.469 e. The molecule has 3 fully saturated rings. The predicted octanol–water partition coefficient (Wildman–Crippen LogP) is 0.769. The van der Waals surface area contributed by atoms with Crippen molar-refractivity contribution in [2.24, 2.45) is 28.6 Å². The van der Waals surface area contributed by atoms with Gasteiger partial charge in [0, 0.05) is 23.2 Å². The summed E-state index contributed by atoms with van der Waals surface area (Å²) in [7, 11) is 2.42. The second-order valence-electron chi connectivity index (χ2n) is 6.64. The highest BCUT2D eigenvalue weighted by Gasteiger charge is 2.71. The number of fused-ring (bicyclic) bond motifs is 3. The van der Waals surface area contributed by atoms with Crippen molar-refractivity contribution in [3.8, 4) is 0 Å². The first-order valence-electron chi connectivity index (χ1n) is 6.86. The Morgan fingerprint density at radius 2 is 1.57 bits per heavy atom. The van der Waals surface area contributed by atoms with Crippen molar-refractivity contribution in [1.82, 2.24) is 0 Å². The molecule has 0 aromatic carbocycles. The van der Waals surface area contributed by atoms with Crippen LogP contribution in [-0.2, 0) is 28.7 Å². The first-order chi connectivity index (χ1) is 9.62. The second kappa shape index (κ2) is 4.64. The maximum atomic E-state index is 12.8. The van der Waals surface area contributed by atoms with E-state index in [1.54, 1.807) is 20.8 Å². The Bertz CT molecular complexity index is 534. The van der Waals surface area contributed by atoms with Gasteiger partial charge in [-0.1, -0.05) is 20.8 Å². The van der Waals surface area contributed by atoms with Crippen molar-refractivity contribution in [2.75, 3.05) is 14.2 Å². The van der Waals surface area contributed by atoms with Gasteiger partial charge in [-0.2, -0.15) is 0 Å². The van der Waals surface area contributed by atoms with Gasteiger partial charge in [-0.25, -0.2) is 0 Å². The number of carbonyl (C=O) groups excluding carboxylic acids is 4. The number of esters is 2. The second-order valence-corrected chi connectivity index (χ2v) is 6.64. The Labute approximate surface area is 123 Å². The zero-order chi connectivity index (χ0) is 16.2. The van der Waals surface area contributed by atoms with Gasteiger partial charge in [0.25, 0.3) is 0 Å². The number of rotatable bonds is 2. The molecule has 6 nitrogen and oxygen atoms in total. The van der Waals surface area contributed by atoms with Crippen LogP contribution in [0.5, 0.6) is 0 Å². The van der Waals surface area contributed by atoms with Crippen molar-refractivity contribution in [3.05, 3.63) is 0 Å². The van der Waals surface area contributed by atoms with Crippen LogP contribution < -0.4 is 0 Å². The van der Waals surface area contributed by atoms with Gasteiger partial charge in [-0.05, 0) is 0 Å². The van der Waals surface area contributed by atoms with Gasteiger partial charge in [0.05, 0.1) is 26.1 Å². The highest BCUT2D eigenvalue weighted by Crippen LogP contribution is 2.60. The minimum atomic E-state index is -1.22. The van der Waals surface area contributed by atoms with E-state index in [-0.39, 0.29) is 18.0 Å². The smallest absolute Gasteiger partial charge is 0.310 e. The Kier molecular flexibility index (Phi) is 3.46. The van der Waals surface area contributed by atoms with Crippen LogP contribution in [0.1, 0.15) is 27.2 Å². The molecule has 3 aliphatic rings. The molecule has 4 atom stereocenters. The maximum absolute atomic E-state index is 12.8. The van der Waals surface area contributed by atoms with Crippen LogP contribution >= 0.6 is 0 Å². The third-order valence-electron chi connectivity index (χ3n) is 5.10.